The third kappa shape index (κ3) is 2.27. The summed E-state index contributed by atoms with van der Waals surface area (Å²) in [6.45, 7) is 3.25. The van der Waals surface area contributed by atoms with Crippen molar-refractivity contribution in [2.24, 2.45) is 0 Å². The largest absolute Gasteiger partial charge is 0.418 e. The molecule has 20 heavy (non-hydrogen) atoms. The predicted molar refractivity (Wildman–Crippen MR) is 69.8 cm³/mol. The summed E-state index contributed by atoms with van der Waals surface area (Å²) in [6.07, 6.45) is -4.52. The van der Waals surface area contributed by atoms with E-state index in [0.29, 0.717) is 10.9 Å². The van der Waals surface area contributed by atoms with Crippen LogP contribution in [-0.4, -0.2) is 4.98 Å². The zero-order valence-corrected chi connectivity index (χ0v) is 10.9. The molecular formula is C14H12F3N3. The third-order valence-electron chi connectivity index (χ3n) is 3.12. The molecule has 0 saturated heterocycles. The van der Waals surface area contributed by atoms with Gasteiger partial charge in [-0.1, -0.05) is 12.1 Å². The zero-order valence-electron chi connectivity index (χ0n) is 10.9. The number of pyridine rings is 1. The van der Waals surface area contributed by atoms with Crippen molar-refractivity contribution in [2.75, 3.05) is 5.73 Å². The Hall–Kier alpha value is -2.29. The number of anilines is 1. The molecule has 0 aliphatic carbocycles. The first-order chi connectivity index (χ1) is 9.16. The maximum atomic E-state index is 13.0. The summed E-state index contributed by atoms with van der Waals surface area (Å²) in [5.41, 5.74) is 4.01. The van der Waals surface area contributed by atoms with Gasteiger partial charge in [0, 0.05) is 5.39 Å². The Morgan fingerprint density at radius 1 is 1.20 bits per heavy atom. The minimum Gasteiger partial charge on any atom is -0.384 e. The Balaban J connectivity index is 2.92. The van der Waals surface area contributed by atoms with Crippen molar-refractivity contribution in [3.63, 3.8) is 0 Å². The standard InChI is InChI=1S/C14H12F3N3/c1-13(2,7-18)10-6-11(19)20-12-8(10)4-3-5-9(12)14(15,16)17/h3-6H,1-2H3,(H2,19,20). The summed E-state index contributed by atoms with van der Waals surface area (Å²) in [7, 11) is 0. The number of nitrogen functional groups attached to an aromatic ring is 1. The summed E-state index contributed by atoms with van der Waals surface area (Å²) < 4.78 is 39.0. The summed E-state index contributed by atoms with van der Waals surface area (Å²) in [4.78, 5) is 3.80. The molecule has 0 spiro atoms. The van der Waals surface area contributed by atoms with Crippen molar-refractivity contribution in [1.29, 1.82) is 5.26 Å². The van der Waals surface area contributed by atoms with Gasteiger partial charge in [-0.25, -0.2) is 4.98 Å². The van der Waals surface area contributed by atoms with Gasteiger partial charge in [0.05, 0.1) is 22.6 Å². The number of aromatic nitrogens is 1. The molecule has 0 unspecified atom stereocenters. The van der Waals surface area contributed by atoms with Crippen LogP contribution in [0.5, 0.6) is 0 Å². The molecule has 0 fully saturated rings. The third-order valence-corrected chi connectivity index (χ3v) is 3.12. The summed E-state index contributed by atoms with van der Waals surface area (Å²) >= 11 is 0. The van der Waals surface area contributed by atoms with Gasteiger partial charge in [0.15, 0.2) is 0 Å². The second-order valence-electron chi connectivity index (χ2n) is 5.03. The molecular weight excluding hydrogens is 267 g/mol. The molecule has 0 amide bonds. The molecule has 0 radical (unpaired) electrons. The molecule has 1 aromatic heterocycles. The molecule has 1 heterocycles. The van der Waals surface area contributed by atoms with E-state index in [4.69, 9.17) is 5.73 Å². The van der Waals surface area contributed by atoms with Crippen LogP contribution in [0.25, 0.3) is 10.9 Å². The van der Waals surface area contributed by atoms with E-state index in [1.54, 1.807) is 13.8 Å². The Kier molecular flexibility index (Phi) is 3.09. The monoisotopic (exact) mass is 279 g/mol. The lowest BCUT2D eigenvalue weighted by molar-refractivity contribution is -0.136. The summed E-state index contributed by atoms with van der Waals surface area (Å²) in [5, 5.41) is 9.49. The molecule has 2 rings (SSSR count). The second-order valence-corrected chi connectivity index (χ2v) is 5.03. The van der Waals surface area contributed by atoms with Crippen LogP contribution in [0.3, 0.4) is 0 Å². The second kappa shape index (κ2) is 4.37. The van der Waals surface area contributed by atoms with Crippen molar-refractivity contribution >= 4 is 16.7 Å². The van der Waals surface area contributed by atoms with Gasteiger partial charge in [-0.15, -0.1) is 0 Å². The highest BCUT2D eigenvalue weighted by molar-refractivity contribution is 5.88. The van der Waals surface area contributed by atoms with E-state index in [1.165, 1.54) is 18.2 Å². The van der Waals surface area contributed by atoms with Gasteiger partial charge >= 0.3 is 6.18 Å². The molecule has 2 N–H and O–H groups in total. The molecule has 3 nitrogen and oxygen atoms in total. The van der Waals surface area contributed by atoms with E-state index < -0.39 is 17.2 Å². The molecule has 0 saturated carbocycles. The van der Waals surface area contributed by atoms with Crippen molar-refractivity contribution in [3.8, 4) is 6.07 Å². The van der Waals surface area contributed by atoms with Crippen molar-refractivity contribution in [1.82, 2.24) is 4.98 Å². The lowest BCUT2D eigenvalue weighted by atomic mass is 9.83. The number of nitriles is 1. The van der Waals surface area contributed by atoms with Crippen LogP contribution in [0.15, 0.2) is 24.3 Å². The fourth-order valence-corrected chi connectivity index (χ4v) is 2.07. The number of nitrogens with zero attached hydrogens (tertiary/aromatic N) is 2. The van der Waals surface area contributed by atoms with E-state index >= 15 is 0 Å². The fourth-order valence-electron chi connectivity index (χ4n) is 2.07. The van der Waals surface area contributed by atoms with Gasteiger partial charge in [-0.2, -0.15) is 18.4 Å². The van der Waals surface area contributed by atoms with Gasteiger partial charge in [-0.3, -0.25) is 0 Å². The van der Waals surface area contributed by atoms with Crippen LogP contribution in [0, 0.1) is 11.3 Å². The van der Waals surface area contributed by atoms with Gasteiger partial charge in [0.25, 0.3) is 0 Å². The molecule has 0 bridgehead atoms. The number of hydrogen-bond donors (Lipinski definition) is 1. The highest BCUT2D eigenvalue weighted by Gasteiger charge is 2.34. The Labute approximate surface area is 113 Å². The number of benzene rings is 1. The van der Waals surface area contributed by atoms with Gasteiger partial charge < -0.3 is 5.73 Å². The Bertz CT molecular complexity index is 712. The first-order valence-electron chi connectivity index (χ1n) is 5.85. The highest BCUT2D eigenvalue weighted by Crippen LogP contribution is 2.37. The van der Waals surface area contributed by atoms with Crippen molar-refractivity contribution in [2.45, 2.75) is 25.4 Å². The smallest absolute Gasteiger partial charge is 0.384 e. The predicted octanol–water partition coefficient (Wildman–Crippen LogP) is 3.64. The minimum absolute atomic E-state index is 0.0347. The number of para-hydroxylation sites is 1. The van der Waals surface area contributed by atoms with Crippen LogP contribution in [-0.2, 0) is 11.6 Å². The Morgan fingerprint density at radius 2 is 1.85 bits per heavy atom. The van der Waals surface area contributed by atoms with Crippen LogP contribution >= 0.6 is 0 Å². The summed E-state index contributed by atoms with van der Waals surface area (Å²) in [6, 6.07) is 7.30. The maximum Gasteiger partial charge on any atom is 0.418 e. The quantitative estimate of drug-likeness (QED) is 0.866. The number of hydrogen-bond acceptors (Lipinski definition) is 3. The topological polar surface area (TPSA) is 62.7 Å². The maximum absolute atomic E-state index is 13.0. The molecule has 0 aliphatic heterocycles. The van der Waals surface area contributed by atoms with Crippen LogP contribution in [0.1, 0.15) is 25.0 Å². The molecule has 1 aromatic carbocycles. The average Bonchev–Trinajstić information content (AvgIpc) is 2.35. The molecule has 0 atom stereocenters. The van der Waals surface area contributed by atoms with E-state index in [-0.39, 0.29) is 11.3 Å². The summed E-state index contributed by atoms with van der Waals surface area (Å²) in [5.74, 6) is -0.0347. The number of nitrogens with two attached hydrogens (primary N) is 1. The van der Waals surface area contributed by atoms with Crippen molar-refractivity contribution < 1.29 is 13.2 Å². The number of rotatable bonds is 1. The SMILES string of the molecule is CC(C)(C#N)c1cc(N)nc2c(C(F)(F)F)cccc12. The van der Waals surface area contributed by atoms with E-state index in [9.17, 15) is 18.4 Å². The zero-order chi connectivity index (χ0) is 15.1. The number of halogens is 3. The lowest BCUT2D eigenvalue weighted by Crippen LogP contribution is -2.16. The van der Waals surface area contributed by atoms with Gasteiger partial charge in [0.1, 0.15) is 5.82 Å². The molecule has 104 valence electrons. The van der Waals surface area contributed by atoms with E-state index in [1.807, 2.05) is 0 Å². The first kappa shape index (κ1) is 14.1. The molecule has 2 aromatic rings. The number of fused-ring (bicyclic) bond motifs is 1. The van der Waals surface area contributed by atoms with Gasteiger partial charge in [0.2, 0.25) is 0 Å². The highest BCUT2D eigenvalue weighted by atomic mass is 19.4. The molecule has 0 aliphatic rings. The Morgan fingerprint density at radius 3 is 2.40 bits per heavy atom. The van der Waals surface area contributed by atoms with E-state index in [2.05, 4.69) is 11.1 Å². The first-order valence-corrected chi connectivity index (χ1v) is 5.85. The van der Waals surface area contributed by atoms with Crippen LogP contribution in [0.2, 0.25) is 0 Å². The normalized spacial score (nSPS) is 12.4. The fraction of sp³-hybridized carbons (Fsp3) is 0.286. The van der Waals surface area contributed by atoms with Crippen molar-refractivity contribution in [3.05, 3.63) is 35.4 Å². The molecule has 6 heteroatoms. The average molecular weight is 279 g/mol. The number of alkyl halides is 3. The van der Waals surface area contributed by atoms with Gasteiger partial charge in [-0.05, 0) is 31.5 Å². The lowest BCUT2D eigenvalue weighted by Gasteiger charge is -2.20. The van der Waals surface area contributed by atoms with Crippen LogP contribution in [0.4, 0.5) is 19.0 Å². The van der Waals surface area contributed by atoms with Crippen LogP contribution < -0.4 is 5.73 Å². The van der Waals surface area contributed by atoms with E-state index in [0.717, 1.165) is 6.07 Å². The minimum atomic E-state index is -4.52.